The minimum absolute atomic E-state index is 0.0296. The Labute approximate surface area is 172 Å². The van der Waals surface area contributed by atoms with Gasteiger partial charge >= 0.3 is 5.63 Å². The minimum Gasteiger partial charge on any atom is -0.507 e. The molecule has 0 saturated heterocycles. The van der Waals surface area contributed by atoms with Gasteiger partial charge in [0.05, 0.1) is 12.7 Å². The van der Waals surface area contributed by atoms with Crippen molar-refractivity contribution in [3.05, 3.63) is 86.9 Å². The number of aryl methyl sites for hydroxylation is 1. The normalized spacial score (nSPS) is 11.7. The maximum Gasteiger partial charge on any atom is 0.343 e. The summed E-state index contributed by atoms with van der Waals surface area (Å²) in [6, 6.07) is 15.1. The van der Waals surface area contributed by atoms with E-state index in [2.05, 4.69) is 5.32 Å². The molecule has 7 heteroatoms. The third-order valence-electron chi connectivity index (χ3n) is 4.45. The molecule has 29 heavy (non-hydrogen) atoms. The molecule has 0 radical (unpaired) electrons. The van der Waals surface area contributed by atoms with E-state index in [1.54, 1.807) is 62.6 Å². The molecule has 0 saturated carbocycles. The lowest BCUT2D eigenvalue weighted by Gasteiger charge is -2.18. The van der Waals surface area contributed by atoms with E-state index in [1.807, 2.05) is 0 Å². The Morgan fingerprint density at radius 2 is 1.93 bits per heavy atom. The Morgan fingerprint density at radius 3 is 2.55 bits per heavy atom. The number of hydrogen-bond acceptors (Lipinski definition) is 5. The number of benzene rings is 2. The van der Waals surface area contributed by atoms with Gasteiger partial charge in [-0.1, -0.05) is 29.8 Å². The van der Waals surface area contributed by atoms with Crippen LogP contribution in [0.2, 0.25) is 5.02 Å². The van der Waals surface area contributed by atoms with Gasteiger partial charge < -0.3 is 19.6 Å². The molecule has 3 rings (SSSR count). The Morgan fingerprint density at radius 1 is 1.21 bits per heavy atom. The summed E-state index contributed by atoms with van der Waals surface area (Å²) in [4.78, 5) is 25.2. The fourth-order valence-corrected chi connectivity index (χ4v) is 3.30. The third-order valence-corrected chi connectivity index (χ3v) is 4.69. The fourth-order valence-electron chi connectivity index (χ4n) is 3.11. The molecule has 6 nitrogen and oxygen atoms in total. The van der Waals surface area contributed by atoms with E-state index in [1.165, 1.54) is 6.07 Å². The van der Waals surface area contributed by atoms with Crippen molar-refractivity contribution >= 4 is 23.2 Å². The molecule has 1 atom stereocenters. The van der Waals surface area contributed by atoms with E-state index in [9.17, 15) is 14.7 Å². The molecule has 2 aromatic carbocycles. The first-order valence-corrected chi connectivity index (χ1v) is 9.28. The van der Waals surface area contributed by atoms with Crippen LogP contribution in [-0.2, 0) is 4.79 Å². The Kier molecular flexibility index (Phi) is 6.24. The average molecular weight is 414 g/mol. The van der Waals surface area contributed by atoms with Gasteiger partial charge in [0.1, 0.15) is 17.3 Å². The van der Waals surface area contributed by atoms with Crippen LogP contribution in [0.5, 0.6) is 11.5 Å². The topological polar surface area (TPSA) is 88.8 Å². The van der Waals surface area contributed by atoms with E-state index in [0.29, 0.717) is 22.0 Å². The monoisotopic (exact) mass is 413 g/mol. The molecule has 0 aliphatic rings. The molecule has 1 heterocycles. The van der Waals surface area contributed by atoms with E-state index in [-0.39, 0.29) is 29.4 Å². The molecule has 1 unspecified atom stereocenters. The second kappa shape index (κ2) is 8.84. The zero-order valence-corrected chi connectivity index (χ0v) is 16.7. The number of ether oxygens (including phenoxy) is 1. The number of aromatic hydroxyl groups is 1. The lowest BCUT2D eigenvalue weighted by Crippen LogP contribution is -2.21. The molecular weight excluding hydrogens is 394 g/mol. The molecule has 0 aliphatic carbocycles. The summed E-state index contributed by atoms with van der Waals surface area (Å²) in [5.41, 5.74) is 0.551. The fraction of sp³-hybridized carbons (Fsp3) is 0.182. The zero-order chi connectivity index (χ0) is 21.0. The number of rotatable bonds is 6. The molecular formula is C22H20ClNO5. The summed E-state index contributed by atoms with van der Waals surface area (Å²) < 4.78 is 10.3. The molecule has 150 valence electrons. The minimum atomic E-state index is -0.711. The van der Waals surface area contributed by atoms with Gasteiger partial charge in [-0.2, -0.15) is 0 Å². The van der Waals surface area contributed by atoms with Crippen LogP contribution in [0.3, 0.4) is 0 Å². The molecule has 1 aromatic heterocycles. The van der Waals surface area contributed by atoms with Crippen LogP contribution in [0.15, 0.2) is 63.8 Å². The van der Waals surface area contributed by atoms with E-state index < -0.39 is 11.5 Å². The summed E-state index contributed by atoms with van der Waals surface area (Å²) in [7, 11) is 1.55. The Bertz CT molecular complexity index is 1080. The van der Waals surface area contributed by atoms with Gasteiger partial charge in [-0.3, -0.25) is 4.79 Å². The second-order valence-electron chi connectivity index (χ2n) is 6.53. The van der Waals surface area contributed by atoms with Crippen molar-refractivity contribution < 1.29 is 19.1 Å². The summed E-state index contributed by atoms with van der Waals surface area (Å²) >= 11 is 5.96. The molecule has 2 N–H and O–H groups in total. The van der Waals surface area contributed by atoms with Gasteiger partial charge in [-0.25, -0.2) is 4.79 Å². The van der Waals surface area contributed by atoms with Crippen molar-refractivity contribution in [1.29, 1.82) is 0 Å². The highest BCUT2D eigenvalue weighted by atomic mass is 35.5. The lowest BCUT2D eigenvalue weighted by molar-refractivity contribution is -0.116. The van der Waals surface area contributed by atoms with Gasteiger partial charge in [0, 0.05) is 29.1 Å². The molecule has 0 spiro atoms. The van der Waals surface area contributed by atoms with Gasteiger partial charge in [0.25, 0.3) is 0 Å². The first-order chi connectivity index (χ1) is 13.9. The highest BCUT2D eigenvalue weighted by Crippen LogP contribution is 2.33. The highest BCUT2D eigenvalue weighted by Gasteiger charge is 2.26. The number of carbonyl (C=O) groups excluding carboxylic acids is 1. The van der Waals surface area contributed by atoms with Crippen molar-refractivity contribution in [3.63, 3.8) is 0 Å². The lowest BCUT2D eigenvalue weighted by atomic mass is 9.88. The Balaban J connectivity index is 1.96. The van der Waals surface area contributed by atoms with Crippen molar-refractivity contribution in [2.24, 2.45) is 0 Å². The number of hydrogen-bond donors (Lipinski definition) is 2. The number of anilines is 1. The maximum absolute atomic E-state index is 12.7. The van der Waals surface area contributed by atoms with Crippen LogP contribution in [0.25, 0.3) is 0 Å². The predicted octanol–water partition coefficient (Wildman–Crippen LogP) is 4.48. The first kappa shape index (κ1) is 20.5. The van der Waals surface area contributed by atoms with Gasteiger partial charge in [0.2, 0.25) is 5.91 Å². The number of nitrogens with one attached hydrogen (secondary N) is 1. The van der Waals surface area contributed by atoms with Gasteiger partial charge in [-0.15, -0.1) is 0 Å². The van der Waals surface area contributed by atoms with Crippen molar-refractivity contribution in [1.82, 2.24) is 0 Å². The SMILES string of the molecule is COc1ccc(C(CC(=O)Nc2cccc(Cl)c2)c2c(O)cc(C)oc2=O)cc1. The average Bonchev–Trinajstić information content (AvgIpc) is 2.66. The van der Waals surface area contributed by atoms with Crippen LogP contribution < -0.4 is 15.7 Å². The van der Waals surface area contributed by atoms with Crippen molar-refractivity contribution in [2.45, 2.75) is 19.3 Å². The number of halogens is 1. The summed E-state index contributed by atoms with van der Waals surface area (Å²) in [5.74, 6) is -0.344. The number of carbonyl (C=O) groups is 1. The molecule has 3 aromatic rings. The number of amides is 1. The highest BCUT2D eigenvalue weighted by molar-refractivity contribution is 6.30. The molecule has 0 aliphatic heterocycles. The van der Waals surface area contributed by atoms with E-state index in [4.69, 9.17) is 20.8 Å². The molecule has 0 bridgehead atoms. The van der Waals surface area contributed by atoms with Crippen LogP contribution in [0.4, 0.5) is 5.69 Å². The molecule has 1 amide bonds. The largest absolute Gasteiger partial charge is 0.507 e. The van der Waals surface area contributed by atoms with Crippen molar-refractivity contribution in [2.75, 3.05) is 12.4 Å². The second-order valence-corrected chi connectivity index (χ2v) is 6.97. The number of methoxy groups -OCH3 is 1. The molecule has 0 fully saturated rings. The standard InChI is InChI=1S/C22H20ClNO5/c1-13-10-19(25)21(22(27)29-13)18(14-6-8-17(28-2)9-7-14)12-20(26)24-16-5-3-4-15(23)11-16/h3-11,18,25H,12H2,1-2H3,(H,24,26). The van der Waals surface area contributed by atoms with Crippen LogP contribution in [-0.4, -0.2) is 18.1 Å². The smallest absolute Gasteiger partial charge is 0.343 e. The summed E-state index contributed by atoms with van der Waals surface area (Å²) in [6.45, 7) is 1.57. The van der Waals surface area contributed by atoms with Crippen LogP contribution >= 0.6 is 11.6 Å². The van der Waals surface area contributed by atoms with E-state index >= 15 is 0 Å². The van der Waals surface area contributed by atoms with Gasteiger partial charge in [-0.05, 0) is 42.8 Å². The third kappa shape index (κ3) is 4.97. The summed E-state index contributed by atoms with van der Waals surface area (Å²) in [6.07, 6.45) is -0.0831. The van der Waals surface area contributed by atoms with Gasteiger partial charge in [0.15, 0.2) is 0 Å². The first-order valence-electron chi connectivity index (χ1n) is 8.90. The zero-order valence-electron chi connectivity index (χ0n) is 15.9. The van der Waals surface area contributed by atoms with E-state index in [0.717, 1.165) is 0 Å². The predicted molar refractivity (Wildman–Crippen MR) is 111 cm³/mol. The Hall–Kier alpha value is -3.25. The van der Waals surface area contributed by atoms with Crippen molar-refractivity contribution in [3.8, 4) is 11.5 Å². The quantitative estimate of drug-likeness (QED) is 0.622. The summed E-state index contributed by atoms with van der Waals surface area (Å²) in [5, 5.41) is 13.7. The maximum atomic E-state index is 12.7. The van der Waals surface area contributed by atoms with Crippen LogP contribution in [0, 0.1) is 6.92 Å². The van der Waals surface area contributed by atoms with Crippen LogP contribution in [0.1, 0.15) is 29.2 Å².